The first-order chi connectivity index (χ1) is 3.31. The predicted molar refractivity (Wildman–Crippen MR) is 36.2 cm³/mol. The maximum Gasteiger partial charge on any atom is 0.0433 e. The maximum atomic E-state index is 8.37. The average Bonchev–Trinajstić information content (AvgIpc) is 1.68. The van der Waals surface area contributed by atoms with Crippen molar-refractivity contribution < 1.29 is 5.11 Å². The van der Waals surface area contributed by atoms with Gasteiger partial charge in [0.25, 0.3) is 0 Å². The molecule has 0 radical (unpaired) electrons. The molecule has 0 aliphatic rings. The number of hydrogen-bond donors (Lipinski definition) is 2. The summed E-state index contributed by atoms with van der Waals surface area (Å²) < 4.78 is 0. The Bertz CT molecular complexity index is 39.5. The van der Waals surface area contributed by atoms with Gasteiger partial charge in [0.1, 0.15) is 0 Å². The minimum atomic E-state index is 0. The fourth-order valence-electron chi connectivity index (χ4n) is 0.425. The third-order valence-corrected chi connectivity index (χ3v) is 1.32. The molecule has 0 saturated carbocycles. The molecule has 0 aromatic carbocycles. The zero-order chi connectivity index (χ0) is 5.70. The van der Waals surface area contributed by atoms with E-state index in [1.54, 1.807) is 0 Å². The lowest BCUT2D eigenvalue weighted by Gasteiger charge is -2.01. The van der Waals surface area contributed by atoms with Crippen molar-refractivity contribution in [1.29, 1.82) is 0 Å². The quantitative estimate of drug-likeness (QED) is 0.592. The summed E-state index contributed by atoms with van der Waals surface area (Å²) in [5.41, 5.74) is 0. The third kappa shape index (κ3) is 5.92. The lowest BCUT2D eigenvalue weighted by atomic mass is 10.1. The normalized spacial score (nSPS) is 12.4. The smallest absolute Gasteiger partial charge is 0.0433 e. The Labute approximate surface area is 51.5 Å². The molecule has 8 heavy (non-hydrogen) atoms. The van der Waals surface area contributed by atoms with E-state index in [4.69, 9.17) is 5.11 Å². The number of rotatable bonds is 3. The molecule has 0 aromatic heterocycles. The number of aliphatic hydroxyl groups is 1. The summed E-state index contributed by atoms with van der Waals surface area (Å²) >= 11 is 0. The first kappa shape index (κ1) is 10.8. The van der Waals surface area contributed by atoms with Crippen LogP contribution in [-0.2, 0) is 0 Å². The minimum Gasteiger partial charge on any atom is -0.396 e. The van der Waals surface area contributed by atoms with E-state index in [-0.39, 0.29) is 6.15 Å². The molecule has 0 aliphatic heterocycles. The molecule has 0 spiro atoms. The van der Waals surface area contributed by atoms with Crippen molar-refractivity contribution in [3.63, 3.8) is 0 Å². The highest BCUT2D eigenvalue weighted by Gasteiger charge is 1.93. The first-order valence-corrected chi connectivity index (χ1v) is 2.92. The van der Waals surface area contributed by atoms with Gasteiger partial charge in [0.05, 0.1) is 0 Å². The van der Waals surface area contributed by atoms with Crippen LogP contribution in [0.5, 0.6) is 0 Å². The number of aliphatic hydroxyl groups excluding tert-OH is 1. The van der Waals surface area contributed by atoms with E-state index in [0.717, 1.165) is 6.42 Å². The largest absolute Gasteiger partial charge is 0.396 e. The van der Waals surface area contributed by atoms with Crippen LogP contribution in [0.25, 0.3) is 0 Å². The van der Waals surface area contributed by atoms with Crippen molar-refractivity contribution in [2.45, 2.75) is 26.7 Å². The zero-order valence-electron chi connectivity index (χ0n) is 5.85. The predicted octanol–water partition coefficient (Wildman–Crippen LogP) is 1.58. The van der Waals surface area contributed by atoms with E-state index in [1.807, 2.05) is 0 Å². The molecule has 2 heteroatoms. The van der Waals surface area contributed by atoms with Crippen LogP contribution in [0.1, 0.15) is 26.7 Å². The van der Waals surface area contributed by atoms with E-state index in [2.05, 4.69) is 13.8 Å². The Morgan fingerprint density at radius 1 is 1.50 bits per heavy atom. The molecule has 0 aliphatic carbocycles. The van der Waals surface area contributed by atoms with Gasteiger partial charge in [-0.25, -0.2) is 0 Å². The Morgan fingerprint density at radius 2 is 2.00 bits per heavy atom. The zero-order valence-corrected chi connectivity index (χ0v) is 5.85. The molecule has 0 rings (SSSR count). The van der Waals surface area contributed by atoms with E-state index in [0.29, 0.717) is 12.5 Å². The van der Waals surface area contributed by atoms with Crippen LogP contribution in [0.2, 0.25) is 0 Å². The fraction of sp³-hybridized carbons (Fsp3) is 1.00. The minimum absolute atomic E-state index is 0. The molecular weight excluding hydrogens is 102 g/mol. The van der Waals surface area contributed by atoms with Gasteiger partial charge >= 0.3 is 0 Å². The molecule has 0 aromatic rings. The second-order valence-electron chi connectivity index (χ2n) is 2.03. The Morgan fingerprint density at radius 3 is 2.12 bits per heavy atom. The van der Waals surface area contributed by atoms with Crippen molar-refractivity contribution in [3.8, 4) is 0 Å². The summed E-state index contributed by atoms with van der Waals surface area (Å²) in [4.78, 5) is 0. The standard InChI is InChI=1S/C6H14O.H3N/c1-3-6(2)4-5-7;/h6-7H,3-5H2,1-2H3;1H3. The molecular formula is C6H17NO. The maximum absolute atomic E-state index is 8.37. The van der Waals surface area contributed by atoms with Gasteiger partial charge in [-0.1, -0.05) is 20.3 Å². The molecule has 1 atom stereocenters. The Kier molecular flexibility index (Phi) is 9.36. The van der Waals surface area contributed by atoms with Crippen molar-refractivity contribution in [2.24, 2.45) is 5.92 Å². The van der Waals surface area contributed by atoms with Crippen LogP contribution >= 0.6 is 0 Å². The van der Waals surface area contributed by atoms with Crippen LogP contribution in [0, 0.1) is 5.92 Å². The Hall–Kier alpha value is -0.0800. The van der Waals surface area contributed by atoms with Gasteiger partial charge in [-0.15, -0.1) is 0 Å². The average molecular weight is 119 g/mol. The highest BCUT2D eigenvalue weighted by molar-refractivity contribution is 4.45. The second-order valence-corrected chi connectivity index (χ2v) is 2.03. The van der Waals surface area contributed by atoms with Crippen LogP contribution in [0.3, 0.4) is 0 Å². The van der Waals surface area contributed by atoms with Crippen LogP contribution in [0.4, 0.5) is 0 Å². The monoisotopic (exact) mass is 119 g/mol. The summed E-state index contributed by atoms with van der Waals surface area (Å²) in [6, 6.07) is 0. The number of hydrogen-bond acceptors (Lipinski definition) is 2. The van der Waals surface area contributed by atoms with Crippen LogP contribution < -0.4 is 6.15 Å². The summed E-state index contributed by atoms with van der Waals surface area (Å²) in [5.74, 6) is 0.699. The second kappa shape index (κ2) is 6.92. The molecule has 4 N–H and O–H groups in total. The molecule has 0 saturated heterocycles. The molecule has 0 amide bonds. The van der Waals surface area contributed by atoms with Crippen molar-refractivity contribution in [1.82, 2.24) is 6.15 Å². The van der Waals surface area contributed by atoms with Crippen molar-refractivity contribution in [2.75, 3.05) is 6.61 Å². The summed E-state index contributed by atoms with van der Waals surface area (Å²) in [6.07, 6.45) is 2.14. The van der Waals surface area contributed by atoms with Crippen LogP contribution in [0.15, 0.2) is 0 Å². The molecule has 1 unspecified atom stereocenters. The highest BCUT2D eigenvalue weighted by Crippen LogP contribution is 2.03. The van der Waals surface area contributed by atoms with Gasteiger partial charge in [0.2, 0.25) is 0 Å². The van der Waals surface area contributed by atoms with Gasteiger partial charge in [-0.3, -0.25) is 0 Å². The van der Waals surface area contributed by atoms with E-state index in [9.17, 15) is 0 Å². The van der Waals surface area contributed by atoms with Gasteiger partial charge < -0.3 is 11.3 Å². The summed E-state index contributed by atoms with van der Waals surface area (Å²) in [6.45, 7) is 4.63. The van der Waals surface area contributed by atoms with E-state index in [1.165, 1.54) is 6.42 Å². The molecule has 52 valence electrons. The van der Waals surface area contributed by atoms with Gasteiger partial charge in [0.15, 0.2) is 0 Å². The van der Waals surface area contributed by atoms with Crippen LogP contribution in [-0.4, -0.2) is 11.7 Å². The summed E-state index contributed by atoms with van der Waals surface area (Å²) in [7, 11) is 0. The van der Waals surface area contributed by atoms with Gasteiger partial charge in [-0.05, 0) is 12.3 Å². The molecule has 2 nitrogen and oxygen atoms in total. The van der Waals surface area contributed by atoms with E-state index < -0.39 is 0 Å². The SMILES string of the molecule is CCC(C)CCO.N. The topological polar surface area (TPSA) is 55.2 Å². The third-order valence-electron chi connectivity index (χ3n) is 1.32. The van der Waals surface area contributed by atoms with Gasteiger partial charge in [-0.2, -0.15) is 0 Å². The van der Waals surface area contributed by atoms with Crippen molar-refractivity contribution in [3.05, 3.63) is 0 Å². The molecule has 0 heterocycles. The summed E-state index contributed by atoms with van der Waals surface area (Å²) in [5, 5.41) is 8.37. The van der Waals surface area contributed by atoms with E-state index >= 15 is 0 Å². The Balaban J connectivity index is 0. The van der Waals surface area contributed by atoms with Gasteiger partial charge in [0, 0.05) is 6.61 Å². The highest BCUT2D eigenvalue weighted by atomic mass is 16.2. The van der Waals surface area contributed by atoms with Crippen molar-refractivity contribution >= 4 is 0 Å². The lowest BCUT2D eigenvalue weighted by molar-refractivity contribution is 0.260. The first-order valence-electron chi connectivity index (χ1n) is 2.92. The molecule has 0 bridgehead atoms. The fourth-order valence-corrected chi connectivity index (χ4v) is 0.425. The molecule has 0 fully saturated rings. The lowest BCUT2D eigenvalue weighted by Crippen LogP contribution is -1.94.